The SMILES string of the molecule is CNc1cc(C2=CCCCC2)nc(C)n1. The van der Waals surface area contributed by atoms with E-state index in [1.54, 1.807) is 0 Å². The molecule has 0 spiro atoms. The average Bonchev–Trinajstić information content (AvgIpc) is 2.29. The van der Waals surface area contributed by atoms with Gasteiger partial charge in [0.15, 0.2) is 0 Å². The second-order valence-electron chi connectivity index (χ2n) is 3.91. The molecule has 0 atom stereocenters. The Morgan fingerprint density at radius 2 is 2.13 bits per heavy atom. The maximum absolute atomic E-state index is 4.49. The van der Waals surface area contributed by atoms with Crippen LogP contribution in [0.15, 0.2) is 12.1 Å². The number of rotatable bonds is 2. The van der Waals surface area contributed by atoms with E-state index < -0.39 is 0 Å². The van der Waals surface area contributed by atoms with E-state index in [2.05, 4.69) is 21.4 Å². The number of aromatic nitrogens is 2. The van der Waals surface area contributed by atoms with Gasteiger partial charge in [0, 0.05) is 13.1 Å². The summed E-state index contributed by atoms with van der Waals surface area (Å²) in [5.41, 5.74) is 2.47. The van der Waals surface area contributed by atoms with E-state index in [9.17, 15) is 0 Å². The summed E-state index contributed by atoms with van der Waals surface area (Å²) in [5.74, 6) is 1.74. The van der Waals surface area contributed by atoms with Crippen molar-refractivity contribution in [1.29, 1.82) is 0 Å². The third-order valence-electron chi connectivity index (χ3n) is 2.71. The molecule has 1 aliphatic carbocycles. The summed E-state index contributed by atoms with van der Waals surface area (Å²) < 4.78 is 0. The lowest BCUT2D eigenvalue weighted by atomic mass is 9.97. The normalized spacial score (nSPS) is 16.0. The van der Waals surface area contributed by atoms with E-state index >= 15 is 0 Å². The molecule has 0 unspecified atom stereocenters. The van der Waals surface area contributed by atoms with Crippen LogP contribution in [0.5, 0.6) is 0 Å². The molecule has 3 nitrogen and oxygen atoms in total. The molecule has 2 rings (SSSR count). The summed E-state index contributed by atoms with van der Waals surface area (Å²) >= 11 is 0. The highest BCUT2D eigenvalue weighted by Crippen LogP contribution is 2.26. The van der Waals surface area contributed by atoms with Gasteiger partial charge >= 0.3 is 0 Å². The van der Waals surface area contributed by atoms with Gasteiger partial charge in [0.05, 0.1) is 5.69 Å². The highest BCUT2D eigenvalue weighted by Gasteiger charge is 2.09. The molecule has 0 amide bonds. The van der Waals surface area contributed by atoms with Crippen molar-refractivity contribution in [3.8, 4) is 0 Å². The van der Waals surface area contributed by atoms with E-state index in [1.165, 1.54) is 24.8 Å². The van der Waals surface area contributed by atoms with E-state index in [4.69, 9.17) is 0 Å². The van der Waals surface area contributed by atoms with E-state index in [-0.39, 0.29) is 0 Å². The molecule has 1 aliphatic rings. The van der Waals surface area contributed by atoms with E-state index in [1.807, 2.05) is 20.0 Å². The van der Waals surface area contributed by atoms with Crippen molar-refractivity contribution < 1.29 is 0 Å². The average molecular weight is 203 g/mol. The van der Waals surface area contributed by atoms with Crippen LogP contribution in [0.2, 0.25) is 0 Å². The van der Waals surface area contributed by atoms with Crippen LogP contribution in [0.25, 0.3) is 5.57 Å². The topological polar surface area (TPSA) is 37.8 Å². The van der Waals surface area contributed by atoms with Crippen molar-refractivity contribution in [3.63, 3.8) is 0 Å². The van der Waals surface area contributed by atoms with Crippen LogP contribution < -0.4 is 5.32 Å². The van der Waals surface area contributed by atoms with Gasteiger partial charge in [0.25, 0.3) is 0 Å². The number of hydrogen-bond acceptors (Lipinski definition) is 3. The Labute approximate surface area is 90.6 Å². The zero-order valence-electron chi connectivity index (χ0n) is 9.38. The number of anilines is 1. The first-order valence-electron chi connectivity index (χ1n) is 5.52. The molecule has 1 N–H and O–H groups in total. The van der Waals surface area contributed by atoms with Gasteiger partial charge in [-0.1, -0.05) is 6.08 Å². The van der Waals surface area contributed by atoms with Crippen LogP contribution in [0.4, 0.5) is 5.82 Å². The Kier molecular flexibility index (Phi) is 2.99. The molecule has 0 fully saturated rings. The minimum atomic E-state index is 0.836. The van der Waals surface area contributed by atoms with Gasteiger partial charge in [-0.2, -0.15) is 0 Å². The lowest BCUT2D eigenvalue weighted by Gasteiger charge is -2.13. The highest BCUT2D eigenvalue weighted by atomic mass is 15.0. The molecule has 1 aromatic rings. The first-order valence-corrected chi connectivity index (χ1v) is 5.52. The lowest BCUT2D eigenvalue weighted by molar-refractivity contribution is 0.739. The van der Waals surface area contributed by atoms with Crippen LogP contribution in [0, 0.1) is 6.92 Å². The van der Waals surface area contributed by atoms with Crippen molar-refractivity contribution in [1.82, 2.24) is 9.97 Å². The predicted octanol–water partition coefficient (Wildman–Crippen LogP) is 2.78. The van der Waals surface area contributed by atoms with Gasteiger partial charge in [-0.3, -0.25) is 0 Å². The maximum Gasteiger partial charge on any atom is 0.130 e. The predicted molar refractivity (Wildman–Crippen MR) is 62.8 cm³/mol. The molecular weight excluding hydrogens is 186 g/mol. The van der Waals surface area contributed by atoms with Crippen molar-refractivity contribution in [2.24, 2.45) is 0 Å². The molecule has 15 heavy (non-hydrogen) atoms. The zero-order chi connectivity index (χ0) is 10.7. The summed E-state index contributed by atoms with van der Waals surface area (Å²) in [6.45, 7) is 1.94. The molecule has 1 heterocycles. The number of hydrogen-bond donors (Lipinski definition) is 1. The highest BCUT2D eigenvalue weighted by molar-refractivity contribution is 5.65. The Morgan fingerprint density at radius 3 is 2.80 bits per heavy atom. The number of nitrogens with one attached hydrogen (secondary N) is 1. The monoisotopic (exact) mass is 203 g/mol. The Hall–Kier alpha value is -1.38. The second-order valence-corrected chi connectivity index (χ2v) is 3.91. The first kappa shape index (κ1) is 10.1. The summed E-state index contributed by atoms with van der Waals surface area (Å²) in [7, 11) is 1.89. The Balaban J connectivity index is 2.34. The molecule has 0 saturated carbocycles. The van der Waals surface area contributed by atoms with Gasteiger partial charge in [-0.05, 0) is 38.2 Å². The van der Waals surface area contributed by atoms with Gasteiger partial charge < -0.3 is 5.32 Å². The lowest BCUT2D eigenvalue weighted by Crippen LogP contribution is -2.01. The number of aryl methyl sites for hydroxylation is 1. The summed E-state index contributed by atoms with van der Waals surface area (Å²) in [4.78, 5) is 8.78. The first-order chi connectivity index (χ1) is 7.29. The van der Waals surface area contributed by atoms with Crippen molar-refractivity contribution in [2.75, 3.05) is 12.4 Å². The third kappa shape index (κ3) is 2.35. The minimum absolute atomic E-state index is 0.836. The van der Waals surface area contributed by atoms with Crippen molar-refractivity contribution in [3.05, 3.63) is 23.7 Å². The smallest absolute Gasteiger partial charge is 0.130 e. The third-order valence-corrected chi connectivity index (χ3v) is 2.71. The van der Waals surface area contributed by atoms with Crippen LogP contribution >= 0.6 is 0 Å². The molecule has 0 saturated heterocycles. The standard InChI is InChI=1S/C12H17N3/c1-9-14-11(8-12(13-2)15-9)10-6-4-3-5-7-10/h6,8H,3-5,7H2,1-2H3,(H,13,14,15). The van der Waals surface area contributed by atoms with Crippen molar-refractivity contribution in [2.45, 2.75) is 32.6 Å². The molecule has 1 aromatic heterocycles. The Bertz CT molecular complexity index is 382. The van der Waals surface area contributed by atoms with Crippen molar-refractivity contribution >= 4 is 11.4 Å². The Morgan fingerprint density at radius 1 is 1.27 bits per heavy atom. The molecule has 80 valence electrons. The quantitative estimate of drug-likeness (QED) is 0.803. The van der Waals surface area contributed by atoms with Crippen LogP contribution in [0.3, 0.4) is 0 Å². The molecule has 0 aromatic carbocycles. The number of allylic oxidation sites excluding steroid dienone is 2. The molecule has 0 radical (unpaired) electrons. The van der Waals surface area contributed by atoms with E-state index in [0.29, 0.717) is 0 Å². The van der Waals surface area contributed by atoms with Gasteiger partial charge in [0.1, 0.15) is 11.6 Å². The molecule has 0 bridgehead atoms. The maximum atomic E-state index is 4.49. The fraction of sp³-hybridized carbons (Fsp3) is 0.500. The molecular formula is C12H17N3. The minimum Gasteiger partial charge on any atom is -0.373 e. The van der Waals surface area contributed by atoms with Crippen LogP contribution in [-0.2, 0) is 0 Å². The summed E-state index contributed by atoms with van der Waals surface area (Å²) in [6, 6.07) is 2.03. The van der Waals surface area contributed by atoms with E-state index in [0.717, 1.165) is 23.8 Å². The number of nitrogens with zero attached hydrogens (tertiary/aromatic N) is 2. The van der Waals surface area contributed by atoms with Crippen LogP contribution in [0.1, 0.15) is 37.2 Å². The molecule has 0 aliphatic heterocycles. The summed E-state index contributed by atoms with van der Waals surface area (Å²) in [5, 5.41) is 3.07. The zero-order valence-corrected chi connectivity index (χ0v) is 9.38. The van der Waals surface area contributed by atoms with Gasteiger partial charge in [0.2, 0.25) is 0 Å². The summed E-state index contributed by atoms with van der Waals surface area (Å²) in [6.07, 6.45) is 7.24. The van der Waals surface area contributed by atoms with Gasteiger partial charge in [-0.25, -0.2) is 9.97 Å². The fourth-order valence-electron chi connectivity index (χ4n) is 1.93. The fourth-order valence-corrected chi connectivity index (χ4v) is 1.93. The van der Waals surface area contributed by atoms with Gasteiger partial charge in [-0.15, -0.1) is 0 Å². The molecule has 3 heteroatoms. The second kappa shape index (κ2) is 4.43. The van der Waals surface area contributed by atoms with Crippen LogP contribution in [-0.4, -0.2) is 17.0 Å². The largest absolute Gasteiger partial charge is 0.373 e.